The summed E-state index contributed by atoms with van der Waals surface area (Å²) < 4.78 is 5.98. The lowest BCUT2D eigenvalue weighted by atomic mass is 10.1. The molecule has 0 saturated carbocycles. The summed E-state index contributed by atoms with van der Waals surface area (Å²) in [4.78, 5) is 4.68. The van der Waals surface area contributed by atoms with Crippen LogP contribution in [0, 0.1) is 0 Å². The van der Waals surface area contributed by atoms with Gasteiger partial charge in [0.05, 0.1) is 11.8 Å². The summed E-state index contributed by atoms with van der Waals surface area (Å²) in [5.41, 5.74) is 1.04. The van der Waals surface area contributed by atoms with Gasteiger partial charge in [-0.05, 0) is 43.8 Å². The predicted octanol–water partition coefficient (Wildman–Crippen LogP) is 3.91. The highest BCUT2D eigenvalue weighted by atomic mass is 16.5. The molecule has 0 aliphatic rings. The number of fused-ring (bicyclic) bond motifs is 1. The lowest BCUT2D eigenvalue weighted by molar-refractivity contribution is 0.211. The molecule has 0 bridgehead atoms. The molecule has 3 heteroatoms. The summed E-state index contributed by atoms with van der Waals surface area (Å²) in [6, 6.07) is 10.4. The fourth-order valence-electron chi connectivity index (χ4n) is 2.07. The average molecular weight is 272 g/mol. The first-order valence-electron chi connectivity index (χ1n) is 7.50. The Hall–Kier alpha value is -1.61. The predicted molar refractivity (Wildman–Crippen MR) is 84.1 cm³/mol. The fourth-order valence-corrected chi connectivity index (χ4v) is 2.07. The van der Waals surface area contributed by atoms with Crippen LogP contribution in [0.5, 0.6) is 5.88 Å². The molecule has 1 aromatic heterocycles. The number of benzene rings is 1. The van der Waals surface area contributed by atoms with Crippen molar-refractivity contribution in [2.45, 2.75) is 46.3 Å². The van der Waals surface area contributed by atoms with E-state index in [2.05, 4.69) is 55.3 Å². The maximum atomic E-state index is 5.98. The van der Waals surface area contributed by atoms with Crippen LogP contribution in [0.15, 0.2) is 30.3 Å². The Morgan fingerprint density at radius 2 is 2.05 bits per heavy atom. The van der Waals surface area contributed by atoms with Crippen LogP contribution in [0.25, 0.3) is 10.8 Å². The van der Waals surface area contributed by atoms with Gasteiger partial charge in [-0.3, -0.25) is 0 Å². The first-order chi connectivity index (χ1) is 9.74. The second-order valence-corrected chi connectivity index (χ2v) is 5.15. The van der Waals surface area contributed by atoms with E-state index in [4.69, 9.17) is 4.74 Å². The minimum Gasteiger partial charge on any atom is -0.474 e. The SMILES string of the molecule is CCCNCc1cc2ccccc2c(OC(C)CC)n1. The molecule has 1 aromatic carbocycles. The number of hydrogen-bond acceptors (Lipinski definition) is 3. The summed E-state index contributed by atoms with van der Waals surface area (Å²) in [6.45, 7) is 8.17. The molecule has 0 spiro atoms. The Labute approximate surface area is 121 Å². The van der Waals surface area contributed by atoms with E-state index in [1.807, 2.05) is 6.07 Å². The summed E-state index contributed by atoms with van der Waals surface area (Å²) >= 11 is 0. The van der Waals surface area contributed by atoms with Gasteiger partial charge < -0.3 is 10.1 Å². The quantitative estimate of drug-likeness (QED) is 0.776. The highest BCUT2D eigenvalue weighted by Crippen LogP contribution is 2.25. The van der Waals surface area contributed by atoms with Gasteiger partial charge in [0.1, 0.15) is 0 Å². The van der Waals surface area contributed by atoms with Crippen molar-refractivity contribution < 1.29 is 4.74 Å². The maximum Gasteiger partial charge on any atom is 0.221 e. The first kappa shape index (κ1) is 14.8. The lowest BCUT2D eigenvalue weighted by Gasteiger charge is -2.15. The van der Waals surface area contributed by atoms with Gasteiger partial charge in [0.15, 0.2) is 0 Å². The third-order valence-electron chi connectivity index (χ3n) is 3.38. The van der Waals surface area contributed by atoms with Gasteiger partial charge in [-0.25, -0.2) is 4.98 Å². The summed E-state index contributed by atoms with van der Waals surface area (Å²) in [7, 11) is 0. The number of pyridine rings is 1. The van der Waals surface area contributed by atoms with Gasteiger partial charge >= 0.3 is 0 Å². The minimum atomic E-state index is 0.185. The van der Waals surface area contributed by atoms with Crippen LogP contribution in [-0.2, 0) is 6.54 Å². The Morgan fingerprint density at radius 1 is 1.25 bits per heavy atom. The van der Waals surface area contributed by atoms with Crippen LogP contribution in [0.2, 0.25) is 0 Å². The molecule has 108 valence electrons. The molecule has 3 nitrogen and oxygen atoms in total. The van der Waals surface area contributed by atoms with Crippen LogP contribution < -0.4 is 10.1 Å². The van der Waals surface area contributed by atoms with Crippen LogP contribution in [0.4, 0.5) is 0 Å². The van der Waals surface area contributed by atoms with Gasteiger partial charge in [-0.15, -0.1) is 0 Å². The van der Waals surface area contributed by atoms with E-state index in [0.717, 1.165) is 42.9 Å². The van der Waals surface area contributed by atoms with E-state index >= 15 is 0 Å². The zero-order valence-electron chi connectivity index (χ0n) is 12.6. The van der Waals surface area contributed by atoms with E-state index in [1.165, 1.54) is 5.39 Å². The second kappa shape index (κ2) is 7.25. The molecule has 2 rings (SSSR count). The van der Waals surface area contributed by atoms with Crippen LogP contribution in [0.3, 0.4) is 0 Å². The van der Waals surface area contributed by atoms with Crippen molar-refractivity contribution >= 4 is 10.8 Å². The number of nitrogens with one attached hydrogen (secondary N) is 1. The number of ether oxygens (including phenoxy) is 1. The number of nitrogens with zero attached hydrogens (tertiary/aromatic N) is 1. The number of hydrogen-bond donors (Lipinski definition) is 1. The Bertz CT molecular complexity index is 554. The van der Waals surface area contributed by atoms with E-state index in [1.54, 1.807) is 0 Å². The van der Waals surface area contributed by atoms with Gasteiger partial charge in [0.2, 0.25) is 5.88 Å². The summed E-state index contributed by atoms with van der Waals surface area (Å²) in [5, 5.41) is 5.67. The third kappa shape index (κ3) is 3.70. The molecule has 1 atom stereocenters. The normalized spacial score (nSPS) is 12.6. The standard InChI is InChI=1S/C17H24N2O/c1-4-10-18-12-15-11-14-8-6-7-9-16(14)17(19-15)20-13(3)5-2/h6-9,11,13,18H,4-5,10,12H2,1-3H3. The highest BCUT2D eigenvalue weighted by molar-refractivity contribution is 5.87. The molecule has 0 amide bonds. The topological polar surface area (TPSA) is 34.1 Å². The molecule has 1 unspecified atom stereocenters. The largest absolute Gasteiger partial charge is 0.474 e. The number of aromatic nitrogens is 1. The molecular formula is C17H24N2O. The molecule has 0 saturated heterocycles. The van der Waals surface area contributed by atoms with E-state index < -0.39 is 0 Å². The van der Waals surface area contributed by atoms with Crippen LogP contribution in [-0.4, -0.2) is 17.6 Å². The van der Waals surface area contributed by atoms with Gasteiger partial charge in [0, 0.05) is 11.9 Å². The van der Waals surface area contributed by atoms with Crippen molar-refractivity contribution in [3.05, 3.63) is 36.0 Å². The molecule has 2 aromatic rings. The average Bonchev–Trinajstić information content (AvgIpc) is 2.47. The zero-order valence-corrected chi connectivity index (χ0v) is 12.6. The van der Waals surface area contributed by atoms with Crippen LogP contribution >= 0.6 is 0 Å². The van der Waals surface area contributed by atoms with E-state index in [-0.39, 0.29) is 6.10 Å². The molecule has 0 aliphatic carbocycles. The van der Waals surface area contributed by atoms with Crippen molar-refractivity contribution in [3.8, 4) is 5.88 Å². The molecule has 20 heavy (non-hydrogen) atoms. The fraction of sp³-hybridized carbons (Fsp3) is 0.471. The van der Waals surface area contributed by atoms with Gasteiger partial charge in [0.25, 0.3) is 0 Å². The Balaban J connectivity index is 2.31. The minimum absolute atomic E-state index is 0.185. The van der Waals surface area contributed by atoms with Crippen molar-refractivity contribution in [3.63, 3.8) is 0 Å². The molecule has 0 aliphatic heterocycles. The van der Waals surface area contributed by atoms with E-state index in [9.17, 15) is 0 Å². The van der Waals surface area contributed by atoms with Gasteiger partial charge in [-0.1, -0.05) is 32.0 Å². The Kier molecular flexibility index (Phi) is 5.36. The lowest BCUT2D eigenvalue weighted by Crippen LogP contribution is -2.16. The third-order valence-corrected chi connectivity index (χ3v) is 3.38. The highest BCUT2D eigenvalue weighted by Gasteiger charge is 2.09. The first-order valence-corrected chi connectivity index (χ1v) is 7.50. The molecule has 0 radical (unpaired) electrons. The molecule has 1 heterocycles. The van der Waals surface area contributed by atoms with Crippen molar-refractivity contribution in [2.75, 3.05) is 6.54 Å². The smallest absolute Gasteiger partial charge is 0.221 e. The molecule has 1 N–H and O–H groups in total. The number of rotatable bonds is 7. The monoisotopic (exact) mass is 272 g/mol. The van der Waals surface area contributed by atoms with Crippen molar-refractivity contribution in [2.24, 2.45) is 0 Å². The van der Waals surface area contributed by atoms with E-state index in [0.29, 0.717) is 0 Å². The van der Waals surface area contributed by atoms with Crippen molar-refractivity contribution in [1.82, 2.24) is 10.3 Å². The molecular weight excluding hydrogens is 248 g/mol. The Morgan fingerprint density at radius 3 is 2.80 bits per heavy atom. The summed E-state index contributed by atoms with van der Waals surface area (Å²) in [5.74, 6) is 0.755. The van der Waals surface area contributed by atoms with Gasteiger partial charge in [-0.2, -0.15) is 0 Å². The summed E-state index contributed by atoms with van der Waals surface area (Å²) in [6.07, 6.45) is 2.29. The zero-order chi connectivity index (χ0) is 14.4. The van der Waals surface area contributed by atoms with Crippen LogP contribution in [0.1, 0.15) is 39.3 Å². The molecule has 0 fully saturated rings. The second-order valence-electron chi connectivity index (χ2n) is 5.15. The van der Waals surface area contributed by atoms with Crippen molar-refractivity contribution in [1.29, 1.82) is 0 Å². The maximum absolute atomic E-state index is 5.98.